The minimum Gasteiger partial charge on any atom is -0.297 e. The number of hydrogen-bond donors (Lipinski definition) is 0. The molecule has 1 saturated heterocycles. The van der Waals surface area contributed by atoms with E-state index < -0.39 is 0 Å². The number of pyridine rings is 1. The highest BCUT2D eigenvalue weighted by Gasteiger charge is 2.20. The van der Waals surface area contributed by atoms with Gasteiger partial charge in [-0.05, 0) is 51.4 Å². The molecule has 0 aromatic carbocycles. The number of rotatable bonds is 2. The lowest BCUT2D eigenvalue weighted by Gasteiger charge is -2.33. The van der Waals surface area contributed by atoms with Crippen molar-refractivity contribution >= 4 is 0 Å². The topological polar surface area (TPSA) is 39.9 Å². The van der Waals surface area contributed by atoms with Gasteiger partial charge in [-0.3, -0.25) is 9.88 Å². The second-order valence-corrected chi connectivity index (χ2v) is 4.78. The summed E-state index contributed by atoms with van der Waals surface area (Å²) in [5.74, 6) is 0. The zero-order chi connectivity index (χ0) is 12.3. The summed E-state index contributed by atoms with van der Waals surface area (Å²) in [6.45, 7) is 6.57. The van der Waals surface area contributed by atoms with Crippen molar-refractivity contribution in [2.45, 2.75) is 39.2 Å². The number of hydrogen-bond acceptors (Lipinski definition) is 3. The van der Waals surface area contributed by atoms with Gasteiger partial charge in [0.1, 0.15) is 6.07 Å². The summed E-state index contributed by atoms with van der Waals surface area (Å²) >= 11 is 0. The van der Waals surface area contributed by atoms with Gasteiger partial charge in [0.2, 0.25) is 0 Å². The summed E-state index contributed by atoms with van der Waals surface area (Å²) < 4.78 is 0. The van der Waals surface area contributed by atoms with Crippen molar-refractivity contribution in [2.75, 3.05) is 13.1 Å². The Bertz CT molecular complexity index is 428. The highest BCUT2D eigenvalue weighted by molar-refractivity contribution is 5.34. The van der Waals surface area contributed by atoms with Crippen molar-refractivity contribution in [2.24, 2.45) is 0 Å². The molecule has 1 aliphatic rings. The molecule has 2 rings (SSSR count). The van der Waals surface area contributed by atoms with Crippen molar-refractivity contribution in [1.82, 2.24) is 9.88 Å². The molecule has 3 nitrogen and oxygen atoms in total. The average Bonchev–Trinajstić information content (AvgIpc) is 2.39. The number of likely N-dealkylation sites (tertiary alicyclic amines) is 1. The summed E-state index contributed by atoms with van der Waals surface area (Å²) in [5, 5.41) is 8.94. The molecule has 1 atom stereocenters. The van der Waals surface area contributed by atoms with Crippen LogP contribution >= 0.6 is 0 Å². The summed E-state index contributed by atoms with van der Waals surface area (Å²) in [7, 11) is 0. The Morgan fingerprint density at radius 3 is 2.71 bits per heavy atom. The second kappa shape index (κ2) is 5.29. The van der Waals surface area contributed by atoms with Crippen molar-refractivity contribution in [3.63, 3.8) is 0 Å². The van der Waals surface area contributed by atoms with E-state index in [4.69, 9.17) is 5.26 Å². The highest BCUT2D eigenvalue weighted by Crippen LogP contribution is 2.26. The van der Waals surface area contributed by atoms with Crippen molar-refractivity contribution in [1.29, 1.82) is 5.26 Å². The van der Waals surface area contributed by atoms with Gasteiger partial charge in [-0.2, -0.15) is 5.26 Å². The van der Waals surface area contributed by atoms with Gasteiger partial charge in [-0.15, -0.1) is 0 Å². The molecule has 17 heavy (non-hydrogen) atoms. The largest absolute Gasteiger partial charge is 0.297 e. The van der Waals surface area contributed by atoms with E-state index >= 15 is 0 Å². The maximum absolute atomic E-state index is 8.94. The molecule has 0 saturated carbocycles. The van der Waals surface area contributed by atoms with Crippen LogP contribution in [0.25, 0.3) is 0 Å². The predicted molar refractivity (Wildman–Crippen MR) is 67.5 cm³/mol. The van der Waals surface area contributed by atoms with E-state index in [9.17, 15) is 0 Å². The lowest BCUT2D eigenvalue weighted by atomic mass is 10.0. The monoisotopic (exact) mass is 229 g/mol. The normalized spacial score (nSPS) is 18.6. The smallest absolute Gasteiger partial charge is 0.101 e. The molecular weight excluding hydrogens is 210 g/mol. The molecule has 90 valence electrons. The Labute approximate surface area is 103 Å². The highest BCUT2D eigenvalue weighted by atomic mass is 15.2. The Hall–Kier alpha value is -1.40. The second-order valence-electron chi connectivity index (χ2n) is 4.78. The number of aromatic nitrogens is 1. The standard InChI is InChI=1S/C14H19N3/c1-11-14(8-13(9-15)10-16-11)12(2)17-6-4-3-5-7-17/h8,10,12H,3-7H2,1-2H3. The molecule has 1 aromatic rings. The van der Waals surface area contributed by atoms with Gasteiger partial charge >= 0.3 is 0 Å². The third-order valence-electron chi connectivity index (χ3n) is 3.64. The number of piperidine rings is 1. The fourth-order valence-corrected chi connectivity index (χ4v) is 2.54. The summed E-state index contributed by atoms with van der Waals surface area (Å²) in [6.07, 6.45) is 5.57. The molecule has 0 aliphatic carbocycles. The molecule has 0 amide bonds. The quantitative estimate of drug-likeness (QED) is 0.783. The van der Waals surface area contributed by atoms with Gasteiger partial charge in [0, 0.05) is 17.9 Å². The van der Waals surface area contributed by atoms with Crippen LogP contribution in [-0.2, 0) is 0 Å². The fraction of sp³-hybridized carbons (Fsp3) is 0.571. The van der Waals surface area contributed by atoms with Crippen molar-refractivity contribution < 1.29 is 0 Å². The molecule has 1 aliphatic heterocycles. The molecular formula is C14H19N3. The Balaban J connectivity index is 2.23. The zero-order valence-electron chi connectivity index (χ0n) is 10.6. The lowest BCUT2D eigenvalue weighted by Crippen LogP contribution is -2.32. The third-order valence-corrected chi connectivity index (χ3v) is 3.64. The van der Waals surface area contributed by atoms with E-state index in [0.29, 0.717) is 11.6 Å². The van der Waals surface area contributed by atoms with E-state index in [-0.39, 0.29) is 0 Å². The summed E-state index contributed by atoms with van der Waals surface area (Å²) in [6, 6.07) is 4.53. The predicted octanol–water partition coefficient (Wildman–Crippen LogP) is 2.81. The van der Waals surface area contributed by atoms with Gasteiger partial charge in [0.05, 0.1) is 5.56 Å². The van der Waals surface area contributed by atoms with Crippen LogP contribution in [0, 0.1) is 18.3 Å². The minimum atomic E-state index is 0.371. The number of nitrogens with zero attached hydrogens (tertiary/aromatic N) is 3. The molecule has 1 fully saturated rings. The Kier molecular flexibility index (Phi) is 3.75. The summed E-state index contributed by atoms with van der Waals surface area (Å²) in [5.41, 5.74) is 2.91. The average molecular weight is 229 g/mol. The van der Waals surface area contributed by atoms with Crippen LogP contribution in [0.3, 0.4) is 0 Å². The molecule has 0 spiro atoms. The van der Waals surface area contributed by atoms with E-state index in [1.54, 1.807) is 6.20 Å². The molecule has 0 N–H and O–H groups in total. The molecule has 1 unspecified atom stereocenters. The van der Waals surface area contributed by atoms with E-state index in [2.05, 4.69) is 22.9 Å². The van der Waals surface area contributed by atoms with Crippen LogP contribution in [0.4, 0.5) is 0 Å². The maximum Gasteiger partial charge on any atom is 0.101 e. The number of nitriles is 1. The van der Waals surface area contributed by atoms with Gasteiger partial charge in [-0.25, -0.2) is 0 Å². The van der Waals surface area contributed by atoms with Gasteiger partial charge in [0.25, 0.3) is 0 Å². The van der Waals surface area contributed by atoms with Gasteiger partial charge in [0.15, 0.2) is 0 Å². The Morgan fingerprint density at radius 2 is 2.06 bits per heavy atom. The lowest BCUT2D eigenvalue weighted by molar-refractivity contribution is 0.174. The first kappa shape index (κ1) is 12.1. The van der Waals surface area contributed by atoms with Crippen LogP contribution in [0.15, 0.2) is 12.3 Å². The van der Waals surface area contributed by atoms with E-state index in [1.165, 1.54) is 24.8 Å². The maximum atomic E-state index is 8.94. The van der Waals surface area contributed by atoms with Gasteiger partial charge < -0.3 is 0 Å². The van der Waals surface area contributed by atoms with Crippen LogP contribution in [0.1, 0.15) is 49.0 Å². The van der Waals surface area contributed by atoms with Crippen LogP contribution in [0.5, 0.6) is 0 Å². The van der Waals surface area contributed by atoms with Gasteiger partial charge in [-0.1, -0.05) is 6.42 Å². The minimum absolute atomic E-state index is 0.371. The molecule has 2 heterocycles. The molecule has 1 aromatic heterocycles. The first-order valence-corrected chi connectivity index (χ1v) is 6.33. The SMILES string of the molecule is Cc1ncc(C#N)cc1C(C)N1CCCCC1. The Morgan fingerprint density at radius 1 is 1.35 bits per heavy atom. The zero-order valence-corrected chi connectivity index (χ0v) is 10.6. The van der Waals surface area contributed by atoms with Crippen molar-refractivity contribution in [3.8, 4) is 6.07 Å². The van der Waals surface area contributed by atoms with E-state index in [1.807, 2.05) is 13.0 Å². The summed E-state index contributed by atoms with van der Waals surface area (Å²) in [4.78, 5) is 6.81. The third kappa shape index (κ3) is 2.65. The van der Waals surface area contributed by atoms with E-state index in [0.717, 1.165) is 18.8 Å². The first-order chi connectivity index (χ1) is 8.22. The van der Waals surface area contributed by atoms with Crippen LogP contribution in [0.2, 0.25) is 0 Å². The number of aryl methyl sites for hydroxylation is 1. The van der Waals surface area contributed by atoms with Crippen LogP contribution in [-0.4, -0.2) is 23.0 Å². The fourth-order valence-electron chi connectivity index (χ4n) is 2.54. The molecule has 0 bridgehead atoms. The van der Waals surface area contributed by atoms with Crippen molar-refractivity contribution in [3.05, 3.63) is 29.1 Å². The molecule has 0 radical (unpaired) electrons. The first-order valence-electron chi connectivity index (χ1n) is 6.33. The molecule has 3 heteroatoms. The van der Waals surface area contributed by atoms with Crippen LogP contribution < -0.4 is 0 Å².